The molecule has 0 N–H and O–H groups in total. The largest absolute Gasteiger partial charge is 0.496 e. The fourth-order valence-corrected chi connectivity index (χ4v) is 4.62. The molecule has 0 saturated carbocycles. The molecule has 0 bridgehead atoms. The van der Waals surface area contributed by atoms with Crippen LogP contribution >= 0.6 is 11.6 Å². The number of halogens is 1. The summed E-state index contributed by atoms with van der Waals surface area (Å²) in [7, 11) is 1.57. The van der Waals surface area contributed by atoms with E-state index in [1.807, 2.05) is 46.0 Å². The Labute approximate surface area is 193 Å². The zero-order valence-electron chi connectivity index (χ0n) is 18.2. The maximum Gasteiger partial charge on any atom is 0.254 e. The predicted molar refractivity (Wildman–Crippen MR) is 122 cm³/mol. The van der Waals surface area contributed by atoms with Crippen LogP contribution in [0.4, 0.5) is 0 Å². The third kappa shape index (κ3) is 3.74. The Hall–Kier alpha value is -3.30. The molecule has 0 spiro atoms. The molecule has 2 aromatic carbocycles. The minimum Gasteiger partial charge on any atom is -0.496 e. The van der Waals surface area contributed by atoms with Gasteiger partial charge in [0.2, 0.25) is 0 Å². The van der Waals surface area contributed by atoms with Crippen molar-refractivity contribution in [3.05, 3.63) is 82.4 Å². The number of carbonyl (C=O) groups is 1. The number of ether oxygens (including phenoxy) is 1. The summed E-state index contributed by atoms with van der Waals surface area (Å²) in [4.78, 5) is 20.5. The summed E-state index contributed by atoms with van der Waals surface area (Å²) in [6.07, 6.45) is 5.94. The van der Waals surface area contributed by atoms with Crippen molar-refractivity contribution < 1.29 is 9.53 Å². The summed E-state index contributed by atoms with van der Waals surface area (Å²) in [6, 6.07) is 15.0. The van der Waals surface area contributed by atoms with E-state index in [0.717, 1.165) is 29.7 Å². The number of imidazole rings is 1. The van der Waals surface area contributed by atoms with E-state index in [9.17, 15) is 10.1 Å². The number of amides is 1. The molecule has 1 atom stereocenters. The second-order valence-corrected chi connectivity index (χ2v) is 8.47. The van der Waals surface area contributed by atoms with Crippen molar-refractivity contribution in [2.45, 2.75) is 44.8 Å². The molecule has 2 heterocycles. The summed E-state index contributed by atoms with van der Waals surface area (Å²) < 4.78 is 7.68. The number of nitrogens with zero attached hydrogens (tertiary/aromatic N) is 4. The zero-order valence-corrected chi connectivity index (χ0v) is 19.0. The maximum absolute atomic E-state index is 14.2. The first kappa shape index (κ1) is 21.9. The van der Waals surface area contributed by atoms with Gasteiger partial charge in [-0.3, -0.25) is 4.79 Å². The van der Waals surface area contributed by atoms with Gasteiger partial charge < -0.3 is 14.2 Å². The standard InChI is InChI=1S/C25H25ClN4O2/c1-3-4-11-25(22-10-7-19(13-27)12-23(22)32-2)24(31)29(16-21-14-28-17-30(21)25)15-18-5-8-20(26)9-6-18/h5-10,12,14,17H,3-4,11,15-16H2,1-2H3. The molecule has 6 nitrogen and oxygen atoms in total. The van der Waals surface area contributed by atoms with Crippen LogP contribution in [0.3, 0.4) is 0 Å². The van der Waals surface area contributed by atoms with Crippen LogP contribution in [0.5, 0.6) is 5.75 Å². The Morgan fingerprint density at radius 3 is 2.72 bits per heavy atom. The normalized spacial score (nSPS) is 17.7. The molecule has 0 radical (unpaired) electrons. The monoisotopic (exact) mass is 448 g/mol. The van der Waals surface area contributed by atoms with Crippen molar-refractivity contribution in [3.8, 4) is 11.8 Å². The SMILES string of the molecule is CCCCC1(c2ccc(C#N)cc2OC)C(=O)N(Cc2ccc(Cl)cc2)Cc2cncn21. The Kier molecular flexibility index (Phi) is 6.20. The van der Waals surface area contributed by atoms with Gasteiger partial charge >= 0.3 is 0 Å². The summed E-state index contributed by atoms with van der Waals surface area (Å²) in [6.45, 7) is 3.04. The first-order valence-electron chi connectivity index (χ1n) is 10.7. The second-order valence-electron chi connectivity index (χ2n) is 8.03. The average molecular weight is 449 g/mol. The molecular formula is C25H25ClN4O2. The number of unbranched alkanes of at least 4 members (excludes halogenated alkanes) is 1. The van der Waals surface area contributed by atoms with Crippen LogP contribution in [-0.2, 0) is 23.4 Å². The predicted octanol–water partition coefficient (Wildman–Crippen LogP) is 4.89. The molecule has 4 rings (SSSR count). The third-order valence-corrected chi connectivity index (χ3v) is 6.33. The summed E-state index contributed by atoms with van der Waals surface area (Å²) in [5.74, 6) is 0.524. The third-order valence-electron chi connectivity index (χ3n) is 6.08. The second kappa shape index (κ2) is 9.05. The van der Waals surface area contributed by atoms with Crippen LogP contribution in [0.1, 0.15) is 48.6 Å². The Balaban J connectivity index is 1.87. The molecule has 0 fully saturated rings. The molecule has 1 aliphatic heterocycles. The highest BCUT2D eigenvalue weighted by Crippen LogP contribution is 2.43. The fourth-order valence-electron chi connectivity index (χ4n) is 4.50. The molecule has 1 amide bonds. The van der Waals surface area contributed by atoms with Crippen molar-refractivity contribution in [3.63, 3.8) is 0 Å². The van der Waals surface area contributed by atoms with E-state index in [0.29, 0.717) is 35.8 Å². The lowest BCUT2D eigenvalue weighted by atomic mass is 9.80. The van der Waals surface area contributed by atoms with Crippen LogP contribution in [0.2, 0.25) is 5.02 Å². The van der Waals surface area contributed by atoms with Crippen LogP contribution < -0.4 is 4.74 Å². The number of hydrogen-bond donors (Lipinski definition) is 0. The van der Waals surface area contributed by atoms with Gasteiger partial charge in [-0.15, -0.1) is 0 Å². The number of rotatable bonds is 7. The molecule has 3 aromatic rings. The van der Waals surface area contributed by atoms with E-state index in [1.165, 1.54) is 0 Å². The van der Waals surface area contributed by atoms with E-state index in [1.54, 1.807) is 25.6 Å². The number of carbonyl (C=O) groups excluding carboxylic acids is 1. The zero-order chi connectivity index (χ0) is 22.7. The summed E-state index contributed by atoms with van der Waals surface area (Å²) >= 11 is 6.05. The van der Waals surface area contributed by atoms with Crippen molar-refractivity contribution in [2.75, 3.05) is 7.11 Å². The molecular weight excluding hydrogens is 424 g/mol. The van der Waals surface area contributed by atoms with E-state index in [4.69, 9.17) is 16.3 Å². The van der Waals surface area contributed by atoms with Crippen molar-refractivity contribution in [1.82, 2.24) is 14.5 Å². The Morgan fingerprint density at radius 2 is 2.03 bits per heavy atom. The highest BCUT2D eigenvalue weighted by molar-refractivity contribution is 6.30. The number of hydrogen-bond acceptors (Lipinski definition) is 4. The number of aromatic nitrogens is 2. The molecule has 0 aliphatic carbocycles. The molecule has 32 heavy (non-hydrogen) atoms. The topological polar surface area (TPSA) is 71.2 Å². The van der Waals surface area contributed by atoms with Crippen molar-refractivity contribution >= 4 is 17.5 Å². The average Bonchev–Trinajstić information content (AvgIpc) is 3.29. The van der Waals surface area contributed by atoms with Crippen LogP contribution in [0.15, 0.2) is 55.0 Å². The van der Waals surface area contributed by atoms with E-state index < -0.39 is 5.54 Å². The number of benzene rings is 2. The lowest BCUT2D eigenvalue weighted by Gasteiger charge is -2.44. The van der Waals surface area contributed by atoms with Gasteiger partial charge in [0, 0.05) is 23.3 Å². The first-order valence-corrected chi connectivity index (χ1v) is 11.1. The van der Waals surface area contributed by atoms with Gasteiger partial charge in [-0.25, -0.2) is 4.98 Å². The molecule has 1 aromatic heterocycles. The van der Waals surface area contributed by atoms with Crippen molar-refractivity contribution in [1.29, 1.82) is 5.26 Å². The van der Waals surface area contributed by atoms with Gasteiger partial charge in [-0.2, -0.15) is 5.26 Å². The highest BCUT2D eigenvalue weighted by atomic mass is 35.5. The summed E-state index contributed by atoms with van der Waals surface area (Å²) in [5.41, 5.74) is 2.21. The minimum absolute atomic E-state index is 0.00518. The van der Waals surface area contributed by atoms with E-state index >= 15 is 0 Å². The Bertz CT molecular complexity index is 1170. The van der Waals surface area contributed by atoms with Crippen LogP contribution in [0.25, 0.3) is 0 Å². The molecule has 7 heteroatoms. The van der Waals surface area contributed by atoms with Crippen LogP contribution in [0, 0.1) is 11.3 Å². The first-order chi connectivity index (χ1) is 15.5. The van der Waals surface area contributed by atoms with E-state index in [-0.39, 0.29) is 5.91 Å². The highest BCUT2D eigenvalue weighted by Gasteiger charge is 2.49. The van der Waals surface area contributed by atoms with Gasteiger partial charge in [0.05, 0.1) is 37.3 Å². The molecule has 1 aliphatic rings. The Morgan fingerprint density at radius 1 is 1.25 bits per heavy atom. The van der Waals surface area contributed by atoms with Gasteiger partial charge in [-0.05, 0) is 36.2 Å². The smallest absolute Gasteiger partial charge is 0.254 e. The van der Waals surface area contributed by atoms with Gasteiger partial charge in [-0.1, -0.05) is 49.6 Å². The quantitative estimate of drug-likeness (QED) is 0.515. The number of fused-ring (bicyclic) bond motifs is 1. The lowest BCUT2D eigenvalue weighted by molar-refractivity contribution is -0.143. The number of methoxy groups -OCH3 is 1. The lowest BCUT2D eigenvalue weighted by Crippen LogP contribution is -2.55. The maximum atomic E-state index is 14.2. The minimum atomic E-state index is -0.994. The van der Waals surface area contributed by atoms with Crippen LogP contribution in [-0.4, -0.2) is 27.5 Å². The fraction of sp³-hybridized carbons (Fsp3) is 0.320. The molecule has 0 saturated heterocycles. The molecule has 1 unspecified atom stereocenters. The van der Waals surface area contributed by atoms with Crippen molar-refractivity contribution in [2.24, 2.45) is 0 Å². The summed E-state index contributed by atoms with van der Waals surface area (Å²) in [5, 5.41) is 10.0. The molecule has 164 valence electrons. The van der Waals surface area contributed by atoms with E-state index in [2.05, 4.69) is 18.0 Å². The van der Waals surface area contributed by atoms with Gasteiger partial charge in [0.15, 0.2) is 5.54 Å². The van der Waals surface area contributed by atoms with Gasteiger partial charge in [0.1, 0.15) is 5.75 Å². The van der Waals surface area contributed by atoms with Gasteiger partial charge in [0.25, 0.3) is 5.91 Å². The number of nitriles is 1.